The number of nitrogens with zero attached hydrogens (tertiary/aromatic N) is 2. The van der Waals surface area contributed by atoms with Gasteiger partial charge in [-0.2, -0.15) is 0 Å². The lowest BCUT2D eigenvalue weighted by Crippen LogP contribution is -2.41. The van der Waals surface area contributed by atoms with Crippen molar-refractivity contribution >= 4 is 29.9 Å². The average molecular weight is 502 g/mol. The number of aliphatic imine (C=N–C) groups is 1. The van der Waals surface area contributed by atoms with Crippen molar-refractivity contribution in [3.05, 3.63) is 24.3 Å². The Morgan fingerprint density at radius 1 is 1.25 bits per heavy atom. The Bertz CT molecular complexity index is 624. The molecule has 0 amide bonds. The number of methoxy groups -OCH3 is 1. The van der Waals surface area contributed by atoms with E-state index in [0.717, 1.165) is 42.5 Å². The van der Waals surface area contributed by atoms with Crippen molar-refractivity contribution in [1.82, 2.24) is 15.5 Å². The molecule has 158 valence electrons. The van der Waals surface area contributed by atoms with Gasteiger partial charge in [-0.15, -0.1) is 24.0 Å². The number of guanidine groups is 1. The summed E-state index contributed by atoms with van der Waals surface area (Å²) >= 11 is 0. The maximum absolute atomic E-state index is 5.96. The number of likely N-dealkylation sites (tertiary alicyclic amines) is 1. The lowest BCUT2D eigenvalue weighted by atomic mass is 10.1. The Balaban J connectivity index is 0.00000280. The Hall–Kier alpha value is -1.22. The molecule has 6 nitrogen and oxygen atoms in total. The lowest BCUT2D eigenvalue weighted by Gasteiger charge is -2.18. The summed E-state index contributed by atoms with van der Waals surface area (Å²) in [5.74, 6) is 3.21. The van der Waals surface area contributed by atoms with Gasteiger partial charge >= 0.3 is 0 Å². The van der Waals surface area contributed by atoms with Crippen molar-refractivity contribution in [3.8, 4) is 11.5 Å². The highest BCUT2D eigenvalue weighted by atomic mass is 127. The third kappa shape index (κ3) is 7.31. The van der Waals surface area contributed by atoms with Crippen LogP contribution >= 0.6 is 24.0 Å². The minimum atomic E-state index is -0.00981. The van der Waals surface area contributed by atoms with E-state index in [1.54, 1.807) is 7.11 Å². The summed E-state index contributed by atoms with van der Waals surface area (Å²) in [6.07, 6.45) is 4.08. The van der Waals surface area contributed by atoms with E-state index in [1.165, 1.54) is 32.4 Å². The standard InChI is InChI=1S/C21H34N4O2.HI/c1-4-22-21(24-14-17-10-11-25(15-17)18-8-9-18)23-13-16(2)27-20-7-5-6-19(12-20)26-3;/h5-7,12,16-18H,4,8-11,13-15H2,1-3H3,(H2,22,23,24);1H. The first-order valence-corrected chi connectivity index (χ1v) is 10.2. The average Bonchev–Trinajstić information content (AvgIpc) is 3.42. The summed E-state index contributed by atoms with van der Waals surface area (Å²) in [5.41, 5.74) is 0. The number of rotatable bonds is 9. The predicted octanol–water partition coefficient (Wildman–Crippen LogP) is 3.12. The fourth-order valence-electron chi connectivity index (χ4n) is 3.55. The van der Waals surface area contributed by atoms with Crippen molar-refractivity contribution in [3.63, 3.8) is 0 Å². The summed E-state index contributed by atoms with van der Waals surface area (Å²) in [5, 5.41) is 6.86. The molecule has 28 heavy (non-hydrogen) atoms. The zero-order chi connectivity index (χ0) is 19.1. The molecule has 7 heteroatoms. The van der Waals surface area contributed by atoms with Gasteiger partial charge in [0.25, 0.3) is 0 Å². The summed E-state index contributed by atoms with van der Waals surface area (Å²) in [6, 6.07) is 8.57. The van der Waals surface area contributed by atoms with Crippen LogP contribution in [0.1, 0.15) is 33.1 Å². The Labute approximate surface area is 186 Å². The fraction of sp³-hybridized carbons (Fsp3) is 0.667. The van der Waals surface area contributed by atoms with Gasteiger partial charge in [-0.3, -0.25) is 0 Å². The molecule has 1 aromatic carbocycles. The second-order valence-corrected chi connectivity index (χ2v) is 7.59. The molecule has 1 saturated heterocycles. The zero-order valence-corrected chi connectivity index (χ0v) is 19.6. The quantitative estimate of drug-likeness (QED) is 0.309. The van der Waals surface area contributed by atoms with E-state index in [0.29, 0.717) is 6.54 Å². The third-order valence-electron chi connectivity index (χ3n) is 5.17. The molecular weight excluding hydrogens is 467 g/mol. The molecular formula is C21H35IN4O2. The topological polar surface area (TPSA) is 58.1 Å². The van der Waals surface area contributed by atoms with Crippen LogP contribution in [0.25, 0.3) is 0 Å². The number of benzene rings is 1. The number of hydrogen-bond donors (Lipinski definition) is 2. The number of nitrogens with one attached hydrogen (secondary N) is 2. The number of halogens is 1. The molecule has 2 atom stereocenters. The minimum absolute atomic E-state index is 0. The molecule has 1 aliphatic heterocycles. The van der Waals surface area contributed by atoms with Crippen molar-refractivity contribution < 1.29 is 9.47 Å². The summed E-state index contributed by atoms with van der Waals surface area (Å²) in [6.45, 7) is 9.07. The molecule has 2 N–H and O–H groups in total. The van der Waals surface area contributed by atoms with E-state index in [1.807, 2.05) is 31.2 Å². The van der Waals surface area contributed by atoms with Gasteiger partial charge in [0.05, 0.1) is 13.7 Å². The van der Waals surface area contributed by atoms with Crippen molar-refractivity contribution in [2.24, 2.45) is 10.9 Å². The highest BCUT2D eigenvalue weighted by Crippen LogP contribution is 2.31. The van der Waals surface area contributed by atoms with Gasteiger partial charge in [0.2, 0.25) is 0 Å². The fourth-order valence-corrected chi connectivity index (χ4v) is 3.55. The van der Waals surface area contributed by atoms with Gasteiger partial charge in [-0.25, -0.2) is 4.99 Å². The van der Waals surface area contributed by atoms with Gasteiger partial charge in [-0.1, -0.05) is 6.07 Å². The zero-order valence-electron chi connectivity index (χ0n) is 17.3. The molecule has 3 rings (SSSR count). The molecule has 1 saturated carbocycles. The van der Waals surface area contributed by atoms with Crippen LogP contribution in [0.3, 0.4) is 0 Å². The number of hydrogen-bond acceptors (Lipinski definition) is 4. The minimum Gasteiger partial charge on any atom is -0.497 e. The van der Waals surface area contributed by atoms with E-state index < -0.39 is 0 Å². The van der Waals surface area contributed by atoms with Gasteiger partial charge in [0.1, 0.15) is 17.6 Å². The van der Waals surface area contributed by atoms with Crippen LogP contribution in [0.5, 0.6) is 11.5 Å². The molecule has 2 unspecified atom stereocenters. The normalized spacial score (nSPS) is 21.0. The Kier molecular flexibility index (Phi) is 9.64. The van der Waals surface area contributed by atoms with Crippen LogP contribution in [-0.2, 0) is 0 Å². The van der Waals surface area contributed by atoms with E-state index >= 15 is 0 Å². The van der Waals surface area contributed by atoms with E-state index in [-0.39, 0.29) is 30.1 Å². The van der Waals surface area contributed by atoms with E-state index in [9.17, 15) is 0 Å². The van der Waals surface area contributed by atoms with Crippen molar-refractivity contribution in [2.75, 3.05) is 39.8 Å². The molecule has 2 fully saturated rings. The lowest BCUT2D eigenvalue weighted by molar-refractivity contribution is 0.229. The maximum atomic E-state index is 5.96. The first kappa shape index (κ1) is 23.1. The Morgan fingerprint density at radius 2 is 2.04 bits per heavy atom. The van der Waals surface area contributed by atoms with Crippen LogP contribution in [-0.4, -0.2) is 62.8 Å². The second-order valence-electron chi connectivity index (χ2n) is 7.59. The first-order valence-electron chi connectivity index (χ1n) is 10.2. The summed E-state index contributed by atoms with van der Waals surface area (Å²) in [7, 11) is 1.66. The van der Waals surface area contributed by atoms with Crippen molar-refractivity contribution in [2.45, 2.75) is 45.3 Å². The van der Waals surface area contributed by atoms with Gasteiger partial charge in [-0.05, 0) is 57.7 Å². The van der Waals surface area contributed by atoms with Crippen molar-refractivity contribution in [1.29, 1.82) is 0 Å². The largest absolute Gasteiger partial charge is 0.497 e. The number of ether oxygens (including phenoxy) is 2. The third-order valence-corrected chi connectivity index (χ3v) is 5.17. The van der Waals surface area contributed by atoms with E-state index in [2.05, 4.69) is 22.5 Å². The molecule has 1 aromatic rings. The van der Waals surface area contributed by atoms with Crippen LogP contribution in [0.15, 0.2) is 29.3 Å². The molecule has 0 bridgehead atoms. The predicted molar refractivity (Wildman–Crippen MR) is 125 cm³/mol. The monoisotopic (exact) mass is 502 g/mol. The van der Waals surface area contributed by atoms with Crippen LogP contribution < -0.4 is 20.1 Å². The van der Waals surface area contributed by atoms with Gasteiger partial charge in [0, 0.05) is 31.7 Å². The highest BCUT2D eigenvalue weighted by Gasteiger charge is 2.34. The molecule has 2 aliphatic rings. The highest BCUT2D eigenvalue weighted by molar-refractivity contribution is 14.0. The van der Waals surface area contributed by atoms with Gasteiger partial charge < -0.3 is 25.0 Å². The SMILES string of the molecule is CCNC(=NCC(C)Oc1cccc(OC)c1)NCC1CCN(C2CC2)C1.I. The maximum Gasteiger partial charge on any atom is 0.191 e. The first-order chi connectivity index (χ1) is 13.2. The smallest absolute Gasteiger partial charge is 0.191 e. The van der Waals surface area contributed by atoms with Crippen LogP contribution in [0.2, 0.25) is 0 Å². The van der Waals surface area contributed by atoms with Gasteiger partial charge in [0.15, 0.2) is 5.96 Å². The molecule has 0 aromatic heterocycles. The van der Waals surface area contributed by atoms with Crippen LogP contribution in [0, 0.1) is 5.92 Å². The summed E-state index contributed by atoms with van der Waals surface area (Å²) < 4.78 is 11.2. The Morgan fingerprint density at radius 3 is 2.75 bits per heavy atom. The van der Waals surface area contributed by atoms with E-state index in [4.69, 9.17) is 14.5 Å². The second kappa shape index (κ2) is 11.7. The molecule has 0 radical (unpaired) electrons. The molecule has 1 heterocycles. The molecule has 1 aliphatic carbocycles. The molecule has 0 spiro atoms. The van der Waals surface area contributed by atoms with Crippen LogP contribution in [0.4, 0.5) is 0 Å². The summed E-state index contributed by atoms with van der Waals surface area (Å²) in [4.78, 5) is 7.36.